The van der Waals surface area contributed by atoms with Gasteiger partial charge in [-0.1, -0.05) is 19.0 Å². The van der Waals surface area contributed by atoms with Crippen molar-refractivity contribution in [2.75, 3.05) is 26.9 Å². The Bertz CT molecular complexity index is 467. The van der Waals surface area contributed by atoms with E-state index in [0.29, 0.717) is 30.2 Å². The Hall–Kier alpha value is -1.89. The molecule has 0 spiro atoms. The van der Waals surface area contributed by atoms with Crippen molar-refractivity contribution >= 4 is 11.9 Å². The maximum atomic E-state index is 12.0. The first-order valence-corrected chi connectivity index (χ1v) is 6.36. The lowest BCUT2D eigenvalue weighted by atomic mass is 10.1. The Morgan fingerprint density at radius 1 is 1.40 bits per heavy atom. The van der Waals surface area contributed by atoms with E-state index in [-0.39, 0.29) is 18.4 Å². The molecule has 112 valence electrons. The van der Waals surface area contributed by atoms with Crippen LogP contribution in [0.1, 0.15) is 41.6 Å². The van der Waals surface area contributed by atoms with Gasteiger partial charge in [0.05, 0.1) is 12.3 Å². The minimum atomic E-state index is -0.602. The first-order valence-electron chi connectivity index (χ1n) is 6.36. The van der Waals surface area contributed by atoms with Crippen molar-refractivity contribution < 1.29 is 23.6 Å². The molecule has 0 radical (unpaired) electrons. The van der Waals surface area contributed by atoms with E-state index < -0.39 is 5.97 Å². The number of nitrogens with zero attached hydrogens (tertiary/aromatic N) is 1. The Labute approximate surface area is 117 Å². The van der Waals surface area contributed by atoms with E-state index in [2.05, 4.69) is 10.5 Å². The summed E-state index contributed by atoms with van der Waals surface area (Å²) >= 11 is 0. The van der Waals surface area contributed by atoms with Gasteiger partial charge in [0.25, 0.3) is 5.91 Å². The molecular weight excluding hydrogens is 264 g/mol. The second-order valence-corrected chi connectivity index (χ2v) is 4.58. The normalized spacial score (nSPS) is 10.7. The number of ether oxygens (including phenoxy) is 2. The molecular formula is C13H20N2O5. The maximum Gasteiger partial charge on any atom is 0.344 e. The molecule has 0 bridgehead atoms. The number of esters is 1. The number of rotatable bonds is 7. The van der Waals surface area contributed by atoms with Crippen LogP contribution in [-0.2, 0) is 14.3 Å². The zero-order chi connectivity index (χ0) is 15.1. The van der Waals surface area contributed by atoms with Crippen molar-refractivity contribution in [3.63, 3.8) is 0 Å². The highest BCUT2D eigenvalue weighted by molar-refractivity contribution is 5.93. The van der Waals surface area contributed by atoms with Crippen LogP contribution in [0, 0.1) is 6.92 Å². The smallest absolute Gasteiger partial charge is 0.344 e. The fourth-order valence-corrected chi connectivity index (χ4v) is 1.58. The van der Waals surface area contributed by atoms with Crippen LogP contribution >= 0.6 is 0 Å². The maximum absolute atomic E-state index is 12.0. The number of hydrogen-bond donors (Lipinski definition) is 1. The summed E-state index contributed by atoms with van der Waals surface area (Å²) in [6.45, 7) is 5.86. The fraction of sp³-hybridized carbons (Fsp3) is 0.615. The van der Waals surface area contributed by atoms with Gasteiger partial charge >= 0.3 is 5.97 Å². The highest BCUT2D eigenvalue weighted by Crippen LogP contribution is 2.22. The molecule has 1 N–H and O–H groups in total. The van der Waals surface area contributed by atoms with E-state index in [4.69, 9.17) is 14.0 Å². The highest BCUT2D eigenvalue weighted by Gasteiger charge is 2.24. The van der Waals surface area contributed by atoms with Crippen LogP contribution in [0.4, 0.5) is 0 Å². The number of nitrogens with one attached hydrogen (secondary N) is 1. The average Bonchev–Trinajstić information content (AvgIpc) is 2.78. The lowest BCUT2D eigenvalue weighted by molar-refractivity contribution is -0.124. The Morgan fingerprint density at radius 2 is 2.10 bits per heavy atom. The van der Waals surface area contributed by atoms with Gasteiger partial charge in [0.1, 0.15) is 5.56 Å². The molecule has 0 atom stereocenters. The molecule has 1 rings (SSSR count). The monoisotopic (exact) mass is 284 g/mol. The minimum absolute atomic E-state index is 0.00859. The molecule has 7 heteroatoms. The summed E-state index contributed by atoms with van der Waals surface area (Å²) in [4.78, 5) is 23.4. The molecule has 0 unspecified atom stereocenters. The summed E-state index contributed by atoms with van der Waals surface area (Å²) in [5.41, 5.74) is 0.753. The summed E-state index contributed by atoms with van der Waals surface area (Å²) < 4.78 is 14.8. The molecule has 0 fully saturated rings. The van der Waals surface area contributed by atoms with Gasteiger partial charge in [-0.2, -0.15) is 0 Å². The van der Waals surface area contributed by atoms with Crippen LogP contribution in [-0.4, -0.2) is 43.9 Å². The third-order valence-corrected chi connectivity index (χ3v) is 2.58. The summed E-state index contributed by atoms with van der Waals surface area (Å²) in [6.07, 6.45) is 0. The quantitative estimate of drug-likeness (QED) is 0.594. The minimum Gasteiger partial charge on any atom is -0.452 e. The second kappa shape index (κ2) is 7.64. The van der Waals surface area contributed by atoms with E-state index in [1.54, 1.807) is 6.92 Å². The highest BCUT2D eigenvalue weighted by atomic mass is 16.5. The number of methoxy groups -OCH3 is 1. The number of aryl methyl sites for hydroxylation is 1. The summed E-state index contributed by atoms with van der Waals surface area (Å²) in [7, 11) is 1.54. The predicted octanol–water partition coefficient (Wildman–Crippen LogP) is 1.03. The van der Waals surface area contributed by atoms with E-state index in [1.165, 1.54) is 7.11 Å². The standard InChI is InChI=1S/C13H20N2O5/c1-8(2)12-11(9(3)15-20-12)13(17)19-7-10(16)14-5-6-18-4/h8H,5-7H2,1-4H3,(H,14,16). The number of aromatic nitrogens is 1. The summed E-state index contributed by atoms with van der Waals surface area (Å²) in [5.74, 6) is -0.508. The van der Waals surface area contributed by atoms with E-state index >= 15 is 0 Å². The molecule has 0 saturated heterocycles. The Kier molecular flexibility index (Phi) is 6.17. The molecule has 7 nitrogen and oxygen atoms in total. The predicted molar refractivity (Wildman–Crippen MR) is 70.5 cm³/mol. The molecule has 0 aliphatic rings. The number of hydrogen-bond acceptors (Lipinski definition) is 6. The molecule has 1 aromatic rings. The van der Waals surface area contributed by atoms with Crippen LogP contribution in [0.15, 0.2) is 4.52 Å². The molecule has 0 aliphatic carbocycles. The van der Waals surface area contributed by atoms with Crippen molar-refractivity contribution in [3.8, 4) is 0 Å². The van der Waals surface area contributed by atoms with Crippen molar-refractivity contribution in [2.45, 2.75) is 26.7 Å². The SMILES string of the molecule is COCCNC(=O)COC(=O)c1c(C)noc1C(C)C. The average molecular weight is 284 g/mol. The fourth-order valence-electron chi connectivity index (χ4n) is 1.58. The van der Waals surface area contributed by atoms with Gasteiger partial charge in [-0.3, -0.25) is 4.79 Å². The Morgan fingerprint density at radius 3 is 2.70 bits per heavy atom. The second-order valence-electron chi connectivity index (χ2n) is 4.58. The zero-order valence-corrected chi connectivity index (χ0v) is 12.2. The van der Waals surface area contributed by atoms with Crippen LogP contribution in [0.3, 0.4) is 0 Å². The van der Waals surface area contributed by atoms with E-state index in [0.717, 1.165) is 0 Å². The molecule has 1 heterocycles. The van der Waals surface area contributed by atoms with Crippen LogP contribution in [0.5, 0.6) is 0 Å². The first kappa shape index (κ1) is 16.2. The first-order chi connectivity index (χ1) is 9.47. The van der Waals surface area contributed by atoms with Crippen LogP contribution < -0.4 is 5.32 Å². The zero-order valence-electron chi connectivity index (χ0n) is 12.2. The van der Waals surface area contributed by atoms with Crippen molar-refractivity contribution in [1.82, 2.24) is 10.5 Å². The number of carbonyl (C=O) groups excluding carboxylic acids is 2. The molecule has 20 heavy (non-hydrogen) atoms. The van der Waals surface area contributed by atoms with Crippen LogP contribution in [0.2, 0.25) is 0 Å². The van der Waals surface area contributed by atoms with Gasteiger partial charge in [-0.15, -0.1) is 0 Å². The lowest BCUT2D eigenvalue weighted by Gasteiger charge is -2.07. The van der Waals surface area contributed by atoms with Gasteiger partial charge in [0, 0.05) is 19.6 Å². The van der Waals surface area contributed by atoms with E-state index in [9.17, 15) is 9.59 Å². The Balaban J connectivity index is 2.55. The molecule has 0 aliphatic heterocycles. The van der Waals surface area contributed by atoms with Crippen molar-refractivity contribution in [3.05, 3.63) is 17.0 Å². The van der Waals surface area contributed by atoms with Gasteiger partial charge in [0.2, 0.25) is 0 Å². The van der Waals surface area contributed by atoms with Gasteiger partial charge in [-0.05, 0) is 6.92 Å². The third-order valence-electron chi connectivity index (χ3n) is 2.58. The van der Waals surface area contributed by atoms with Crippen molar-refractivity contribution in [1.29, 1.82) is 0 Å². The summed E-state index contributed by atoms with van der Waals surface area (Å²) in [6, 6.07) is 0. The molecule has 0 aromatic carbocycles. The topological polar surface area (TPSA) is 90.7 Å². The summed E-state index contributed by atoms with van der Waals surface area (Å²) in [5, 5.41) is 6.31. The van der Waals surface area contributed by atoms with E-state index in [1.807, 2.05) is 13.8 Å². The van der Waals surface area contributed by atoms with Crippen LogP contribution in [0.25, 0.3) is 0 Å². The van der Waals surface area contributed by atoms with Gasteiger partial charge in [-0.25, -0.2) is 4.79 Å². The van der Waals surface area contributed by atoms with Gasteiger partial charge in [0.15, 0.2) is 12.4 Å². The lowest BCUT2D eigenvalue weighted by Crippen LogP contribution is -2.31. The number of amides is 1. The molecule has 1 amide bonds. The molecule has 0 saturated carbocycles. The van der Waals surface area contributed by atoms with Gasteiger partial charge < -0.3 is 19.3 Å². The van der Waals surface area contributed by atoms with Crippen molar-refractivity contribution in [2.24, 2.45) is 0 Å². The third kappa shape index (κ3) is 4.34. The largest absolute Gasteiger partial charge is 0.452 e. The number of carbonyl (C=O) groups is 2. The molecule has 1 aromatic heterocycles.